The number of nitrogens with zero attached hydrogens (tertiary/aromatic N) is 4. The van der Waals surface area contributed by atoms with Crippen LogP contribution < -0.4 is 0 Å². The van der Waals surface area contributed by atoms with Gasteiger partial charge in [0.05, 0.1) is 18.8 Å². The lowest BCUT2D eigenvalue weighted by molar-refractivity contribution is 0.393. The second-order valence-electron chi connectivity index (χ2n) is 4.54. The topological polar surface area (TPSA) is 31.2 Å². The normalized spacial score (nSPS) is 18.9. The molecule has 0 aromatic heterocycles. The van der Waals surface area contributed by atoms with Crippen LogP contribution in [0.25, 0.3) is 0 Å². The fourth-order valence-electron chi connectivity index (χ4n) is 2.26. The summed E-state index contributed by atoms with van der Waals surface area (Å²) in [5, 5.41) is 6.48. The highest BCUT2D eigenvalue weighted by Gasteiger charge is 2.26. The van der Waals surface area contributed by atoms with Gasteiger partial charge in [-0.05, 0) is 12.5 Å². The van der Waals surface area contributed by atoms with Crippen LogP contribution in [0, 0.1) is 6.92 Å². The third-order valence-corrected chi connectivity index (χ3v) is 3.19. The average Bonchev–Trinajstić information content (AvgIpc) is 2.78. The summed E-state index contributed by atoms with van der Waals surface area (Å²) in [5.74, 6) is 1.00. The summed E-state index contributed by atoms with van der Waals surface area (Å²) in [6.07, 6.45) is 0. The van der Waals surface area contributed by atoms with E-state index in [9.17, 15) is 0 Å². The van der Waals surface area contributed by atoms with Crippen LogP contribution in [-0.2, 0) is 0 Å². The van der Waals surface area contributed by atoms with E-state index in [-0.39, 0.29) is 0 Å². The smallest absolute Gasteiger partial charge is 0.217 e. The van der Waals surface area contributed by atoms with Gasteiger partial charge in [-0.3, -0.25) is 0 Å². The SMILES string of the molecule is Cc1ccc(C2=NN(C)C3=NCCN3C2)cc1. The summed E-state index contributed by atoms with van der Waals surface area (Å²) < 4.78 is 0. The van der Waals surface area contributed by atoms with Crippen molar-refractivity contribution in [3.8, 4) is 0 Å². The number of hydrogen-bond donors (Lipinski definition) is 0. The average molecular weight is 228 g/mol. The number of guanidine groups is 1. The largest absolute Gasteiger partial charge is 0.334 e. The van der Waals surface area contributed by atoms with Gasteiger partial charge in [-0.1, -0.05) is 29.8 Å². The van der Waals surface area contributed by atoms with Crippen LogP contribution in [0.5, 0.6) is 0 Å². The lowest BCUT2D eigenvalue weighted by Crippen LogP contribution is -2.45. The summed E-state index contributed by atoms with van der Waals surface area (Å²) in [4.78, 5) is 6.72. The van der Waals surface area contributed by atoms with Crippen molar-refractivity contribution in [2.45, 2.75) is 6.92 Å². The monoisotopic (exact) mass is 228 g/mol. The van der Waals surface area contributed by atoms with E-state index in [1.807, 2.05) is 12.1 Å². The molecular weight excluding hydrogens is 212 g/mol. The Morgan fingerprint density at radius 2 is 1.94 bits per heavy atom. The molecular formula is C13H16N4. The zero-order valence-corrected chi connectivity index (χ0v) is 10.2. The first-order valence-corrected chi connectivity index (χ1v) is 5.92. The van der Waals surface area contributed by atoms with Gasteiger partial charge in [-0.15, -0.1) is 0 Å². The fourth-order valence-corrected chi connectivity index (χ4v) is 2.26. The third-order valence-electron chi connectivity index (χ3n) is 3.19. The molecule has 4 nitrogen and oxygen atoms in total. The maximum atomic E-state index is 4.60. The third kappa shape index (κ3) is 1.79. The van der Waals surface area contributed by atoms with Crippen LogP contribution >= 0.6 is 0 Å². The Bertz CT molecular complexity index is 487. The van der Waals surface area contributed by atoms with Crippen molar-refractivity contribution in [2.75, 3.05) is 26.7 Å². The summed E-state index contributed by atoms with van der Waals surface area (Å²) in [6.45, 7) is 4.86. The Hall–Kier alpha value is -1.84. The van der Waals surface area contributed by atoms with Crippen LogP contribution in [0.2, 0.25) is 0 Å². The van der Waals surface area contributed by atoms with Gasteiger partial charge in [0.1, 0.15) is 0 Å². The van der Waals surface area contributed by atoms with Gasteiger partial charge in [-0.2, -0.15) is 5.10 Å². The predicted molar refractivity (Wildman–Crippen MR) is 69.4 cm³/mol. The molecule has 0 spiro atoms. The molecule has 17 heavy (non-hydrogen) atoms. The first-order chi connectivity index (χ1) is 8.24. The highest BCUT2D eigenvalue weighted by Crippen LogP contribution is 2.15. The minimum absolute atomic E-state index is 0.867. The number of aryl methyl sites for hydroxylation is 1. The van der Waals surface area contributed by atoms with Crippen molar-refractivity contribution in [1.82, 2.24) is 9.91 Å². The van der Waals surface area contributed by atoms with Gasteiger partial charge in [0, 0.05) is 13.6 Å². The molecule has 0 saturated heterocycles. The van der Waals surface area contributed by atoms with Crippen molar-refractivity contribution in [3.63, 3.8) is 0 Å². The molecule has 0 saturated carbocycles. The quantitative estimate of drug-likeness (QED) is 0.726. The van der Waals surface area contributed by atoms with Gasteiger partial charge >= 0.3 is 0 Å². The molecule has 2 aliphatic rings. The zero-order chi connectivity index (χ0) is 11.8. The summed E-state index contributed by atoms with van der Waals surface area (Å²) >= 11 is 0. The first kappa shape index (κ1) is 10.3. The van der Waals surface area contributed by atoms with Gasteiger partial charge in [0.25, 0.3) is 0 Å². The van der Waals surface area contributed by atoms with Gasteiger partial charge < -0.3 is 4.90 Å². The molecule has 0 fully saturated rings. The van der Waals surface area contributed by atoms with Crippen molar-refractivity contribution >= 4 is 11.7 Å². The maximum absolute atomic E-state index is 4.60. The highest BCUT2D eigenvalue weighted by atomic mass is 15.6. The lowest BCUT2D eigenvalue weighted by Gasteiger charge is -2.30. The Balaban J connectivity index is 1.92. The number of fused-ring (bicyclic) bond motifs is 1. The maximum Gasteiger partial charge on any atom is 0.217 e. The van der Waals surface area contributed by atoms with E-state index >= 15 is 0 Å². The number of hydrogen-bond acceptors (Lipinski definition) is 4. The summed E-state index contributed by atoms with van der Waals surface area (Å²) in [6, 6.07) is 8.54. The number of hydrazone groups is 1. The molecule has 0 amide bonds. The van der Waals surface area contributed by atoms with Crippen LogP contribution in [0.15, 0.2) is 34.4 Å². The van der Waals surface area contributed by atoms with E-state index in [0.29, 0.717) is 0 Å². The Labute approximate surface area is 101 Å². The highest BCUT2D eigenvalue weighted by molar-refractivity contribution is 6.06. The molecule has 0 atom stereocenters. The minimum atomic E-state index is 0.867. The Kier molecular flexibility index (Phi) is 2.35. The molecule has 0 bridgehead atoms. The fraction of sp³-hybridized carbons (Fsp3) is 0.385. The van der Waals surface area contributed by atoms with Crippen LogP contribution in [-0.4, -0.2) is 48.3 Å². The van der Waals surface area contributed by atoms with Crippen molar-refractivity contribution in [1.29, 1.82) is 0 Å². The molecule has 0 N–H and O–H groups in total. The van der Waals surface area contributed by atoms with Gasteiger partial charge in [0.2, 0.25) is 5.96 Å². The minimum Gasteiger partial charge on any atom is -0.334 e. The lowest BCUT2D eigenvalue weighted by atomic mass is 10.1. The van der Waals surface area contributed by atoms with E-state index in [1.54, 1.807) is 0 Å². The van der Waals surface area contributed by atoms with E-state index in [1.165, 1.54) is 11.1 Å². The van der Waals surface area contributed by atoms with E-state index in [0.717, 1.165) is 31.3 Å². The molecule has 1 aromatic rings. The second kappa shape index (κ2) is 3.87. The molecule has 0 aliphatic carbocycles. The van der Waals surface area contributed by atoms with Crippen molar-refractivity contribution < 1.29 is 0 Å². The van der Waals surface area contributed by atoms with Crippen molar-refractivity contribution in [2.24, 2.45) is 10.1 Å². The molecule has 4 heteroatoms. The van der Waals surface area contributed by atoms with Crippen LogP contribution in [0.1, 0.15) is 11.1 Å². The molecule has 2 aliphatic heterocycles. The predicted octanol–water partition coefficient (Wildman–Crippen LogP) is 1.32. The molecule has 0 radical (unpaired) electrons. The number of aliphatic imine (C=N–C) groups is 1. The molecule has 88 valence electrons. The standard InChI is InChI=1S/C13H16N4/c1-10-3-5-11(6-4-10)12-9-17-8-7-14-13(17)16(2)15-12/h3-6H,7-9H2,1-2H3. The van der Waals surface area contributed by atoms with Crippen LogP contribution in [0.3, 0.4) is 0 Å². The van der Waals surface area contributed by atoms with Crippen molar-refractivity contribution in [3.05, 3.63) is 35.4 Å². The molecule has 0 unspecified atom stereocenters. The molecule has 2 heterocycles. The first-order valence-electron chi connectivity index (χ1n) is 5.92. The zero-order valence-electron chi connectivity index (χ0n) is 10.2. The van der Waals surface area contributed by atoms with E-state index in [4.69, 9.17) is 0 Å². The summed E-state index contributed by atoms with van der Waals surface area (Å²) in [5.41, 5.74) is 3.60. The number of rotatable bonds is 1. The molecule has 1 aromatic carbocycles. The Morgan fingerprint density at radius 3 is 2.71 bits per heavy atom. The van der Waals surface area contributed by atoms with E-state index < -0.39 is 0 Å². The number of benzene rings is 1. The van der Waals surface area contributed by atoms with Gasteiger partial charge in [0.15, 0.2) is 0 Å². The van der Waals surface area contributed by atoms with Gasteiger partial charge in [-0.25, -0.2) is 10.0 Å². The van der Waals surface area contributed by atoms with E-state index in [2.05, 4.69) is 46.2 Å². The second-order valence-corrected chi connectivity index (χ2v) is 4.54. The summed E-state index contributed by atoms with van der Waals surface area (Å²) in [7, 11) is 1.96. The Morgan fingerprint density at radius 1 is 1.18 bits per heavy atom. The van der Waals surface area contributed by atoms with Crippen LogP contribution in [0.4, 0.5) is 0 Å². The molecule has 3 rings (SSSR count).